The van der Waals surface area contributed by atoms with Crippen LogP contribution >= 0.6 is 0 Å². The van der Waals surface area contributed by atoms with Gasteiger partial charge < -0.3 is 10.2 Å². The van der Waals surface area contributed by atoms with Crippen molar-refractivity contribution in [3.8, 4) is 0 Å². The fourth-order valence-corrected chi connectivity index (χ4v) is 3.10. The summed E-state index contributed by atoms with van der Waals surface area (Å²) in [5.41, 5.74) is 5.96. The molecule has 1 aromatic heterocycles. The van der Waals surface area contributed by atoms with Crippen molar-refractivity contribution >= 4 is 17.3 Å². The maximum atomic E-state index is 12.6. The monoisotopic (exact) mass is 359 g/mol. The molecule has 1 amide bonds. The topological polar surface area (TPSA) is 45.2 Å². The molecular formula is C23H25N3O. The molecule has 0 radical (unpaired) electrons. The minimum atomic E-state index is -0.166. The minimum absolute atomic E-state index is 0.166. The van der Waals surface area contributed by atoms with E-state index >= 15 is 0 Å². The average Bonchev–Trinajstić information content (AvgIpc) is 2.68. The van der Waals surface area contributed by atoms with Gasteiger partial charge in [0.25, 0.3) is 5.91 Å². The van der Waals surface area contributed by atoms with E-state index in [1.54, 1.807) is 6.20 Å². The zero-order valence-corrected chi connectivity index (χ0v) is 16.1. The Bertz CT molecular complexity index is 936. The second-order valence-electron chi connectivity index (χ2n) is 6.59. The number of hydrogen-bond acceptors (Lipinski definition) is 3. The molecule has 0 saturated carbocycles. The summed E-state index contributed by atoms with van der Waals surface area (Å²) in [4.78, 5) is 19.0. The Kier molecular flexibility index (Phi) is 5.87. The summed E-state index contributed by atoms with van der Waals surface area (Å²) < 4.78 is 0. The lowest BCUT2D eigenvalue weighted by molar-refractivity contribution is 0.0946. The van der Waals surface area contributed by atoms with E-state index < -0.39 is 0 Å². The fraction of sp³-hybridized carbons (Fsp3) is 0.217. The molecule has 0 saturated heterocycles. The van der Waals surface area contributed by atoms with Gasteiger partial charge in [-0.05, 0) is 61.7 Å². The number of nitrogens with one attached hydrogen (secondary N) is 1. The molecule has 0 bridgehead atoms. The van der Waals surface area contributed by atoms with Gasteiger partial charge in [-0.2, -0.15) is 0 Å². The molecule has 0 fully saturated rings. The lowest BCUT2D eigenvalue weighted by atomic mass is 10.1. The third kappa shape index (κ3) is 4.53. The van der Waals surface area contributed by atoms with Crippen molar-refractivity contribution in [3.63, 3.8) is 0 Å². The smallest absolute Gasteiger partial charge is 0.270 e. The predicted octanol–water partition coefficient (Wildman–Crippen LogP) is 4.79. The van der Waals surface area contributed by atoms with Gasteiger partial charge in [0.15, 0.2) is 0 Å². The molecule has 0 aliphatic heterocycles. The Morgan fingerprint density at radius 2 is 1.78 bits per heavy atom. The van der Waals surface area contributed by atoms with E-state index in [0.29, 0.717) is 12.2 Å². The number of aromatic nitrogens is 1. The number of aryl methyl sites for hydroxylation is 2. The van der Waals surface area contributed by atoms with E-state index in [0.717, 1.165) is 29.0 Å². The molecule has 3 aromatic rings. The van der Waals surface area contributed by atoms with E-state index in [1.807, 2.05) is 49.4 Å². The Morgan fingerprint density at radius 1 is 1.00 bits per heavy atom. The molecule has 1 N–H and O–H groups in total. The molecule has 0 aliphatic rings. The normalized spacial score (nSPS) is 10.5. The van der Waals surface area contributed by atoms with Gasteiger partial charge in [-0.1, -0.05) is 36.4 Å². The summed E-state index contributed by atoms with van der Waals surface area (Å²) >= 11 is 0. The standard InChI is InChI=1S/C23H25N3O/c1-4-26(20-11-7-8-17(2)14-20)21-12-13-24-22(15-21)23(27)25-16-19-10-6-5-9-18(19)3/h5-15H,4,16H2,1-3H3,(H,25,27). The SMILES string of the molecule is CCN(c1cccc(C)c1)c1ccnc(C(=O)NCc2ccccc2C)c1. The van der Waals surface area contributed by atoms with Gasteiger partial charge in [-0.3, -0.25) is 9.78 Å². The summed E-state index contributed by atoms with van der Waals surface area (Å²) in [7, 11) is 0. The van der Waals surface area contributed by atoms with Gasteiger partial charge >= 0.3 is 0 Å². The van der Waals surface area contributed by atoms with Gasteiger partial charge in [0.1, 0.15) is 5.69 Å². The first-order chi connectivity index (χ1) is 13.1. The number of anilines is 2. The van der Waals surface area contributed by atoms with Crippen LogP contribution in [0.15, 0.2) is 66.9 Å². The Balaban J connectivity index is 1.78. The van der Waals surface area contributed by atoms with Crippen LogP contribution < -0.4 is 10.2 Å². The molecule has 0 atom stereocenters. The zero-order chi connectivity index (χ0) is 19.2. The van der Waals surface area contributed by atoms with Crippen LogP contribution in [0, 0.1) is 13.8 Å². The Labute approximate surface area is 160 Å². The van der Waals surface area contributed by atoms with E-state index in [2.05, 4.69) is 47.2 Å². The molecule has 4 nitrogen and oxygen atoms in total. The number of carbonyl (C=O) groups is 1. The number of rotatable bonds is 6. The minimum Gasteiger partial charge on any atom is -0.347 e. The largest absolute Gasteiger partial charge is 0.347 e. The summed E-state index contributed by atoms with van der Waals surface area (Å²) in [6.45, 7) is 7.51. The number of hydrogen-bond donors (Lipinski definition) is 1. The molecule has 1 heterocycles. The quantitative estimate of drug-likeness (QED) is 0.688. The maximum Gasteiger partial charge on any atom is 0.270 e. The molecule has 138 valence electrons. The second kappa shape index (κ2) is 8.49. The first-order valence-electron chi connectivity index (χ1n) is 9.21. The number of carbonyl (C=O) groups excluding carboxylic acids is 1. The van der Waals surface area contributed by atoms with Crippen LogP contribution in [-0.2, 0) is 6.54 Å². The molecule has 0 spiro atoms. The highest BCUT2D eigenvalue weighted by atomic mass is 16.1. The predicted molar refractivity (Wildman–Crippen MR) is 110 cm³/mol. The summed E-state index contributed by atoms with van der Waals surface area (Å²) in [6.07, 6.45) is 1.69. The van der Waals surface area contributed by atoms with Crippen molar-refractivity contribution in [1.82, 2.24) is 10.3 Å². The zero-order valence-electron chi connectivity index (χ0n) is 16.1. The maximum absolute atomic E-state index is 12.6. The lowest BCUT2D eigenvalue weighted by Gasteiger charge is -2.24. The van der Waals surface area contributed by atoms with E-state index in [-0.39, 0.29) is 5.91 Å². The fourth-order valence-electron chi connectivity index (χ4n) is 3.10. The lowest BCUT2D eigenvalue weighted by Crippen LogP contribution is -2.25. The van der Waals surface area contributed by atoms with Crippen molar-refractivity contribution in [3.05, 3.63) is 89.2 Å². The van der Waals surface area contributed by atoms with E-state index in [9.17, 15) is 4.79 Å². The number of pyridine rings is 1. The van der Waals surface area contributed by atoms with Crippen molar-refractivity contribution < 1.29 is 4.79 Å². The van der Waals surface area contributed by atoms with E-state index in [4.69, 9.17) is 0 Å². The molecule has 4 heteroatoms. The Hall–Kier alpha value is -3.14. The van der Waals surface area contributed by atoms with Crippen LogP contribution in [0.1, 0.15) is 34.1 Å². The average molecular weight is 359 g/mol. The first kappa shape index (κ1) is 18.6. The van der Waals surface area contributed by atoms with Crippen LogP contribution in [0.3, 0.4) is 0 Å². The summed E-state index contributed by atoms with van der Waals surface area (Å²) in [5.74, 6) is -0.166. The van der Waals surface area contributed by atoms with Crippen LogP contribution in [0.25, 0.3) is 0 Å². The third-order valence-electron chi connectivity index (χ3n) is 4.62. The third-order valence-corrected chi connectivity index (χ3v) is 4.62. The van der Waals surface area contributed by atoms with E-state index in [1.165, 1.54) is 5.56 Å². The van der Waals surface area contributed by atoms with Gasteiger partial charge in [0, 0.05) is 30.7 Å². The summed E-state index contributed by atoms with van der Waals surface area (Å²) in [6, 6.07) is 20.2. The first-order valence-corrected chi connectivity index (χ1v) is 9.21. The highest BCUT2D eigenvalue weighted by Crippen LogP contribution is 2.26. The van der Waals surface area contributed by atoms with Gasteiger partial charge in [0.05, 0.1) is 0 Å². The van der Waals surface area contributed by atoms with Crippen molar-refractivity contribution in [1.29, 1.82) is 0 Å². The van der Waals surface area contributed by atoms with Crippen LogP contribution in [0.2, 0.25) is 0 Å². The molecule has 2 aromatic carbocycles. The summed E-state index contributed by atoms with van der Waals surface area (Å²) in [5, 5.41) is 2.97. The van der Waals surface area contributed by atoms with Crippen LogP contribution in [-0.4, -0.2) is 17.4 Å². The number of amides is 1. The van der Waals surface area contributed by atoms with Crippen molar-refractivity contribution in [2.75, 3.05) is 11.4 Å². The highest BCUT2D eigenvalue weighted by molar-refractivity contribution is 5.93. The van der Waals surface area contributed by atoms with Gasteiger partial charge in [-0.25, -0.2) is 0 Å². The van der Waals surface area contributed by atoms with Crippen LogP contribution in [0.5, 0.6) is 0 Å². The highest BCUT2D eigenvalue weighted by Gasteiger charge is 2.12. The second-order valence-corrected chi connectivity index (χ2v) is 6.59. The number of nitrogens with zero attached hydrogens (tertiary/aromatic N) is 2. The van der Waals surface area contributed by atoms with Crippen molar-refractivity contribution in [2.24, 2.45) is 0 Å². The molecule has 0 unspecified atom stereocenters. The molecule has 3 rings (SSSR count). The Morgan fingerprint density at radius 3 is 2.52 bits per heavy atom. The van der Waals surface area contributed by atoms with Crippen LogP contribution in [0.4, 0.5) is 11.4 Å². The number of benzene rings is 2. The van der Waals surface area contributed by atoms with Gasteiger partial charge in [0.2, 0.25) is 0 Å². The van der Waals surface area contributed by atoms with Crippen molar-refractivity contribution in [2.45, 2.75) is 27.3 Å². The molecular weight excluding hydrogens is 334 g/mol. The molecule has 0 aliphatic carbocycles. The van der Waals surface area contributed by atoms with Gasteiger partial charge in [-0.15, -0.1) is 0 Å². The molecule has 27 heavy (non-hydrogen) atoms.